The Bertz CT molecular complexity index is 7130. The van der Waals surface area contributed by atoms with Gasteiger partial charge >= 0.3 is 17.9 Å². The van der Waals surface area contributed by atoms with Gasteiger partial charge < -0.3 is 56.8 Å². The van der Waals surface area contributed by atoms with Crippen molar-refractivity contribution in [1.29, 1.82) is 0 Å². The molecule has 0 radical (unpaired) electrons. The van der Waals surface area contributed by atoms with Crippen LogP contribution in [0.25, 0.3) is 97.0 Å². The van der Waals surface area contributed by atoms with Crippen molar-refractivity contribution < 1.29 is 71.2 Å². The molecule has 0 atom stereocenters. The van der Waals surface area contributed by atoms with E-state index in [2.05, 4.69) is 104 Å². The first kappa shape index (κ1) is 81.4. The van der Waals surface area contributed by atoms with Gasteiger partial charge in [0.25, 0.3) is 0 Å². The van der Waals surface area contributed by atoms with Crippen LogP contribution in [0.2, 0.25) is 0 Å². The number of nitrogens with zero attached hydrogens (tertiary/aromatic N) is 9. The molecular formula is C108H81N9O15. The maximum atomic E-state index is 15.7. The molecule has 3 aromatic heterocycles. The fourth-order valence-electron chi connectivity index (χ4n) is 18.1. The van der Waals surface area contributed by atoms with Crippen LogP contribution in [0.3, 0.4) is 0 Å². The monoisotopic (exact) mass is 1740 g/mol. The van der Waals surface area contributed by atoms with Gasteiger partial charge in [-0.15, -0.1) is 15.3 Å². The maximum absolute atomic E-state index is 15.7. The van der Waals surface area contributed by atoms with Crippen LogP contribution in [0, 0.1) is 0 Å². The van der Waals surface area contributed by atoms with Gasteiger partial charge in [-0.25, -0.2) is 28.4 Å². The van der Waals surface area contributed by atoms with Crippen LogP contribution >= 0.6 is 0 Å². The lowest BCUT2D eigenvalue weighted by atomic mass is 9.94. The number of carbonyl (C=O) groups is 3. The zero-order valence-corrected chi connectivity index (χ0v) is 71.8. The number of esters is 3. The lowest BCUT2D eigenvalue weighted by molar-refractivity contribution is 0.0726. The van der Waals surface area contributed by atoms with Crippen molar-refractivity contribution in [2.24, 2.45) is 0 Å². The second kappa shape index (κ2) is 35.0. The number of carbonyl (C=O) groups excluding carboxylic acids is 3. The zero-order valence-electron chi connectivity index (χ0n) is 71.8. The van der Waals surface area contributed by atoms with Crippen LogP contribution in [0.5, 0.6) is 51.7 Å². The summed E-state index contributed by atoms with van der Waals surface area (Å²) in [5.41, 5.74) is 6.95. The van der Waals surface area contributed by atoms with E-state index in [1.54, 1.807) is 90.4 Å². The van der Waals surface area contributed by atoms with Gasteiger partial charge in [0.1, 0.15) is 88.6 Å². The second-order valence-corrected chi connectivity index (χ2v) is 32.9. The summed E-state index contributed by atoms with van der Waals surface area (Å²) in [4.78, 5) is 47.1. The Morgan fingerprint density at radius 2 is 0.523 bits per heavy atom. The van der Waals surface area contributed by atoms with Crippen LogP contribution in [0.15, 0.2) is 292 Å². The summed E-state index contributed by atoms with van der Waals surface area (Å²) in [6, 6.07) is 87.7. The van der Waals surface area contributed by atoms with Crippen molar-refractivity contribution in [3.63, 3.8) is 0 Å². The lowest BCUT2D eigenvalue weighted by Crippen LogP contribution is -2.15. The van der Waals surface area contributed by atoms with Crippen LogP contribution < -0.4 is 42.6 Å². The van der Waals surface area contributed by atoms with Crippen molar-refractivity contribution in [3.05, 3.63) is 375 Å². The molecule has 0 saturated carbocycles. The van der Waals surface area contributed by atoms with E-state index in [0.29, 0.717) is 105 Å². The number of ether oxygens (including phenoxy) is 12. The molecule has 6 bridgehead atoms. The lowest BCUT2D eigenvalue weighted by Gasteiger charge is -2.21. The summed E-state index contributed by atoms with van der Waals surface area (Å²) in [7, 11) is 4.87. The fourth-order valence-corrected chi connectivity index (χ4v) is 18.1. The topological polar surface area (TPSA) is 254 Å². The molecule has 0 saturated heterocycles. The number of methoxy groups -OCH3 is 3. The van der Waals surface area contributed by atoms with E-state index >= 15 is 14.4 Å². The quantitative estimate of drug-likeness (QED) is 0.0309. The highest BCUT2D eigenvalue weighted by molar-refractivity contribution is 6.27. The predicted octanol–water partition coefficient (Wildman–Crippen LogP) is 21.2. The smallest absolute Gasteiger partial charge is 0.343 e. The van der Waals surface area contributed by atoms with Gasteiger partial charge in [0, 0.05) is 65.7 Å². The third-order valence-electron chi connectivity index (χ3n) is 24.4. The van der Waals surface area contributed by atoms with Gasteiger partial charge in [-0.05, 0) is 191 Å². The van der Waals surface area contributed by atoms with E-state index < -0.39 is 17.9 Å². The molecule has 1 aliphatic rings. The summed E-state index contributed by atoms with van der Waals surface area (Å²) in [5, 5.41) is 44.8. The fraction of sp³-hybridized carbons (Fsp3) is 0.139. The summed E-state index contributed by atoms with van der Waals surface area (Å²) >= 11 is 0. The van der Waals surface area contributed by atoms with Crippen LogP contribution in [0.4, 0.5) is 0 Å². The summed E-state index contributed by atoms with van der Waals surface area (Å²) in [6.45, 7) is -0.648. The van der Waals surface area contributed by atoms with Crippen molar-refractivity contribution in [2.75, 3.05) is 21.3 Å². The average molecular weight is 1740 g/mol. The Morgan fingerprint density at radius 1 is 0.288 bits per heavy atom. The van der Waals surface area contributed by atoms with E-state index in [9.17, 15) is 0 Å². The molecule has 18 aromatic carbocycles. The van der Waals surface area contributed by atoms with Crippen molar-refractivity contribution in [2.45, 2.75) is 79.1 Å². The molecule has 0 amide bonds. The number of fused-ring (bicyclic) bond motifs is 6. The normalized spacial score (nSPS) is 12.7. The highest BCUT2D eigenvalue weighted by Gasteiger charge is 2.28. The summed E-state index contributed by atoms with van der Waals surface area (Å²) < 4.78 is 83.9. The molecule has 24 nitrogen and oxygen atoms in total. The van der Waals surface area contributed by atoms with Gasteiger partial charge in [-0.1, -0.05) is 179 Å². The van der Waals surface area contributed by atoms with E-state index in [0.717, 1.165) is 114 Å². The Hall–Kier alpha value is -16.4. The molecule has 0 fully saturated rings. The number of benzene rings is 18. The molecule has 132 heavy (non-hydrogen) atoms. The van der Waals surface area contributed by atoms with Crippen LogP contribution in [-0.2, 0) is 93.3 Å². The van der Waals surface area contributed by atoms with E-state index in [4.69, 9.17) is 56.8 Å². The first-order valence-corrected chi connectivity index (χ1v) is 43.2. The number of hydrogen-bond acceptors (Lipinski definition) is 21. The first-order valence-electron chi connectivity index (χ1n) is 43.2. The first-order chi connectivity index (χ1) is 64.9. The third-order valence-corrected chi connectivity index (χ3v) is 24.4. The van der Waals surface area contributed by atoms with Crippen molar-refractivity contribution in [1.82, 2.24) is 45.0 Å². The van der Waals surface area contributed by atoms with Gasteiger partial charge in [-0.2, -0.15) is 0 Å². The molecule has 0 unspecified atom stereocenters. The third kappa shape index (κ3) is 16.2. The molecule has 4 heterocycles. The molecule has 21 aromatic rings. The van der Waals surface area contributed by atoms with Gasteiger partial charge in [0.2, 0.25) is 0 Å². The van der Waals surface area contributed by atoms with E-state index in [1.165, 1.54) is 0 Å². The van der Waals surface area contributed by atoms with E-state index in [-0.39, 0.29) is 93.4 Å². The Balaban J connectivity index is 0.696. The van der Waals surface area contributed by atoms with Gasteiger partial charge in [0.05, 0.1) is 116 Å². The molecule has 22 rings (SSSR count). The highest BCUT2D eigenvalue weighted by Crippen LogP contribution is 2.45. The van der Waals surface area contributed by atoms with Crippen molar-refractivity contribution in [3.8, 4) is 51.7 Å². The molecule has 0 aliphatic carbocycles. The minimum absolute atomic E-state index is 0.119. The van der Waals surface area contributed by atoms with Crippen LogP contribution in [0.1, 0.15) is 98.2 Å². The molecule has 0 N–H and O–H groups in total. The van der Waals surface area contributed by atoms with Crippen LogP contribution in [-0.4, -0.2) is 84.2 Å². The Kier molecular flexibility index (Phi) is 21.6. The minimum atomic E-state index is -0.697. The number of hydrogen-bond donors (Lipinski definition) is 0. The van der Waals surface area contributed by atoms with Gasteiger partial charge in [0.15, 0.2) is 0 Å². The summed E-state index contributed by atoms with van der Waals surface area (Å²) in [6.07, 6.45) is 5.41. The Morgan fingerprint density at radius 3 is 0.773 bits per heavy atom. The standard InChI is InChI=1S/C108H81N9O15/c1-121-88-31-13-64(14-32-88)49-115-52-85(109-112-115)61-127-103-79-43-76(106(118)130-94-40-28-73-22-19-67-7-4-10-70-25-37-91(94)100(73)97(67)70)44-80(103)56-125-58-82-46-78(108(120)132-96-42-30-75-24-21-69-9-6-12-72-27-39-93(96)102(75)99(69)72)48-84(105(82)129-63-87-54-117(114-111-87)51-66-17-35-90(123-3)36-18-66)60-126-59-83-47-77(107(119)131-95-41-29-74-23-20-68-8-5-11-71-26-38-92(95)101(74)98(68)71)45-81(57-124-55-79)104(83)128-62-86-53-116(113-110-86)50-65-15-33-89(122-2)34-16-65/h4-48,52-54H,49-51,55-63H2,1-3H3. The zero-order chi connectivity index (χ0) is 88.9. The SMILES string of the molecule is COc1ccc(Cn2cc(COc3c4cc(C(=O)Oc5ccc6ccc7cccc8ccc5c6c78)cc3COCc3cc(C(=O)Oc5ccc6ccc7cccc8ccc5c6c78)cc(c3OCc3cn(Cc5ccc(OC)cc5)nn3)COCc3cc(C(=O)Oc5ccc6ccc7cccc8ccc5c6c78)cc(c3OCc3cn(Cc5ccc(OC)cc5)nn3)COC4)nn2)cc1. The Labute approximate surface area is 754 Å². The molecular weight excluding hydrogens is 1660 g/mol. The summed E-state index contributed by atoms with van der Waals surface area (Å²) in [5.74, 6) is 1.89. The number of rotatable bonds is 24. The second-order valence-electron chi connectivity index (χ2n) is 32.9. The maximum Gasteiger partial charge on any atom is 0.343 e. The van der Waals surface area contributed by atoms with Crippen molar-refractivity contribution >= 4 is 115 Å². The molecule has 0 spiro atoms. The number of aromatic nitrogens is 9. The molecule has 648 valence electrons. The van der Waals surface area contributed by atoms with Gasteiger partial charge in [-0.3, -0.25) is 0 Å². The highest BCUT2D eigenvalue weighted by atomic mass is 16.6. The molecule has 1 aliphatic heterocycles. The largest absolute Gasteiger partial charge is 0.497 e. The average Bonchev–Trinajstić information content (AvgIpc) is 0.869. The molecule has 24 heteroatoms. The van der Waals surface area contributed by atoms with E-state index in [1.807, 2.05) is 164 Å². The predicted molar refractivity (Wildman–Crippen MR) is 499 cm³/mol. The minimum Gasteiger partial charge on any atom is -0.497 e.